The van der Waals surface area contributed by atoms with Gasteiger partial charge in [0.25, 0.3) is 5.91 Å². The molecular weight excluding hydrogens is 454 g/mol. The zero-order chi connectivity index (χ0) is 23.8. The van der Waals surface area contributed by atoms with Gasteiger partial charge in [-0.15, -0.1) is 8.78 Å². The van der Waals surface area contributed by atoms with Gasteiger partial charge in [0.1, 0.15) is 5.75 Å². The molecule has 0 aliphatic heterocycles. The van der Waals surface area contributed by atoms with Crippen LogP contribution in [0, 0.1) is 0 Å². The van der Waals surface area contributed by atoms with E-state index in [1.54, 1.807) is 24.4 Å². The number of H-pyrrole nitrogens is 1. The maximum Gasteiger partial charge on any atom is 0.487 e. The summed E-state index contributed by atoms with van der Waals surface area (Å²) in [6.07, 6.45) is 3.50. The van der Waals surface area contributed by atoms with Crippen molar-refractivity contribution in [1.29, 1.82) is 0 Å². The number of fused-ring (bicyclic) bond motifs is 1. The lowest BCUT2D eigenvalue weighted by molar-refractivity contribution is -0.0964. The summed E-state index contributed by atoms with van der Waals surface area (Å²) in [7, 11) is 0. The predicted octanol–water partition coefficient (Wildman–Crippen LogP) is 5.52. The van der Waals surface area contributed by atoms with Gasteiger partial charge in [-0.1, -0.05) is 0 Å². The van der Waals surface area contributed by atoms with E-state index in [0.717, 1.165) is 22.2 Å². The number of ether oxygens (including phenoxy) is 1. The lowest BCUT2D eigenvalue weighted by Gasteiger charge is -2.14. The second-order valence-corrected chi connectivity index (χ2v) is 8.17. The summed E-state index contributed by atoms with van der Waals surface area (Å²) in [5, 5.41) is 20.4. The Bertz CT molecular complexity index is 1280. The SMILES string of the molecule is CC(C)n1cc(CO)c2cc(C(=O)Nc3ccc(OC(F)(F)Cl)cc3)cc(-c3ccn[nH]3)c21. The minimum absolute atomic E-state index is 0.121. The number of amides is 1. The first-order chi connectivity index (χ1) is 15.7. The Morgan fingerprint density at radius 2 is 2.00 bits per heavy atom. The lowest BCUT2D eigenvalue weighted by atomic mass is 10.0. The van der Waals surface area contributed by atoms with Crippen molar-refractivity contribution in [3.63, 3.8) is 0 Å². The Balaban J connectivity index is 1.73. The molecule has 4 rings (SSSR count). The Hall–Kier alpha value is -3.43. The first-order valence-electron chi connectivity index (χ1n) is 10.1. The van der Waals surface area contributed by atoms with E-state index in [2.05, 4.69) is 20.3 Å². The molecule has 7 nitrogen and oxygen atoms in total. The maximum absolute atomic E-state index is 13.1. The van der Waals surface area contributed by atoms with Gasteiger partial charge >= 0.3 is 5.57 Å². The number of carbonyl (C=O) groups is 1. The highest BCUT2D eigenvalue weighted by Crippen LogP contribution is 2.35. The molecule has 2 heterocycles. The fraction of sp³-hybridized carbons (Fsp3) is 0.217. The normalized spacial score (nSPS) is 11.8. The van der Waals surface area contributed by atoms with E-state index in [1.807, 2.05) is 24.6 Å². The van der Waals surface area contributed by atoms with Crippen molar-refractivity contribution in [1.82, 2.24) is 14.8 Å². The van der Waals surface area contributed by atoms with E-state index in [-0.39, 0.29) is 18.4 Å². The Labute approximate surface area is 192 Å². The summed E-state index contributed by atoms with van der Waals surface area (Å²) >= 11 is 4.77. The van der Waals surface area contributed by atoms with Gasteiger partial charge in [-0.25, -0.2) is 0 Å². The van der Waals surface area contributed by atoms with Gasteiger partial charge in [-0.3, -0.25) is 9.89 Å². The first-order valence-corrected chi connectivity index (χ1v) is 10.5. The van der Waals surface area contributed by atoms with Gasteiger partial charge in [-0.2, -0.15) is 5.10 Å². The number of aromatic nitrogens is 3. The predicted molar refractivity (Wildman–Crippen MR) is 122 cm³/mol. The molecule has 2 aromatic carbocycles. The summed E-state index contributed by atoms with van der Waals surface area (Å²) in [6, 6.07) is 10.8. The summed E-state index contributed by atoms with van der Waals surface area (Å²) in [5.74, 6) is -0.547. The number of aliphatic hydroxyl groups is 1. The number of hydrogen-bond donors (Lipinski definition) is 3. The zero-order valence-electron chi connectivity index (χ0n) is 17.8. The fourth-order valence-corrected chi connectivity index (χ4v) is 3.77. The smallest absolute Gasteiger partial charge is 0.420 e. The van der Waals surface area contributed by atoms with Gasteiger partial charge in [0.15, 0.2) is 0 Å². The lowest BCUT2D eigenvalue weighted by Crippen LogP contribution is -2.16. The van der Waals surface area contributed by atoms with Crippen LogP contribution < -0.4 is 10.1 Å². The molecule has 3 N–H and O–H groups in total. The highest BCUT2D eigenvalue weighted by atomic mass is 35.5. The van der Waals surface area contributed by atoms with Gasteiger partial charge < -0.3 is 19.7 Å². The molecule has 0 spiro atoms. The standard InChI is InChI=1S/C23H21ClF2N4O3/c1-13(2)30-11-15(12-31)18-9-14(10-19(21(18)30)20-7-8-27-29-20)22(32)28-16-3-5-17(6-4-16)33-23(24,25)26/h3-11,13,31H,12H2,1-2H3,(H,27,29)(H,28,32). The summed E-state index contributed by atoms with van der Waals surface area (Å²) in [6.45, 7) is 3.88. The maximum atomic E-state index is 13.1. The van der Waals surface area contributed by atoms with Gasteiger partial charge in [0.2, 0.25) is 0 Å². The first kappa shape index (κ1) is 22.8. The van der Waals surface area contributed by atoms with E-state index in [9.17, 15) is 18.7 Å². The van der Waals surface area contributed by atoms with Crippen LogP contribution in [0.15, 0.2) is 54.9 Å². The number of alkyl halides is 3. The molecule has 0 saturated heterocycles. The van der Waals surface area contributed by atoms with Crippen molar-refractivity contribution in [2.45, 2.75) is 32.1 Å². The minimum atomic E-state index is -3.82. The van der Waals surface area contributed by atoms with Crippen LogP contribution in [0.25, 0.3) is 22.2 Å². The second kappa shape index (κ2) is 8.84. The highest BCUT2D eigenvalue weighted by molar-refractivity contribution is 6.20. The molecule has 0 fully saturated rings. The third-order valence-corrected chi connectivity index (χ3v) is 5.21. The third-order valence-electron chi connectivity index (χ3n) is 5.13. The number of benzene rings is 2. The number of halogens is 3. The van der Waals surface area contributed by atoms with Gasteiger partial charge in [0.05, 0.1) is 17.8 Å². The summed E-state index contributed by atoms with van der Waals surface area (Å²) in [4.78, 5) is 13.1. The van der Waals surface area contributed by atoms with Crippen molar-refractivity contribution in [3.8, 4) is 17.0 Å². The second-order valence-electron chi connectivity index (χ2n) is 7.73. The van der Waals surface area contributed by atoms with Crippen LogP contribution in [-0.4, -0.2) is 31.3 Å². The molecule has 0 aliphatic rings. The number of carbonyl (C=O) groups excluding carboxylic acids is 1. The van der Waals surface area contributed by atoms with E-state index >= 15 is 0 Å². The largest absolute Gasteiger partial charge is 0.487 e. The van der Waals surface area contributed by atoms with Crippen LogP contribution in [0.3, 0.4) is 0 Å². The molecule has 0 bridgehead atoms. The molecule has 172 valence electrons. The number of nitrogens with one attached hydrogen (secondary N) is 2. The Kier molecular flexibility index (Phi) is 6.09. The average molecular weight is 475 g/mol. The molecule has 10 heteroatoms. The molecule has 0 unspecified atom stereocenters. The number of nitrogens with zero attached hydrogens (tertiary/aromatic N) is 2. The van der Waals surface area contributed by atoms with Crippen LogP contribution in [-0.2, 0) is 6.61 Å². The molecular formula is C23H21ClF2N4O3. The van der Waals surface area contributed by atoms with Crippen LogP contribution >= 0.6 is 11.6 Å². The van der Waals surface area contributed by atoms with Crippen LogP contribution in [0.4, 0.5) is 14.5 Å². The Morgan fingerprint density at radius 1 is 1.27 bits per heavy atom. The average Bonchev–Trinajstić information content (AvgIpc) is 3.41. The number of hydrogen-bond acceptors (Lipinski definition) is 4. The van der Waals surface area contributed by atoms with Gasteiger partial charge in [-0.05, 0) is 56.3 Å². The van der Waals surface area contributed by atoms with Crippen molar-refractivity contribution in [2.24, 2.45) is 0 Å². The fourth-order valence-electron chi connectivity index (χ4n) is 3.68. The number of aliphatic hydroxyl groups excluding tert-OH is 1. The molecule has 0 radical (unpaired) electrons. The Morgan fingerprint density at radius 3 is 2.58 bits per heavy atom. The monoisotopic (exact) mass is 474 g/mol. The molecule has 4 aromatic rings. The molecule has 0 atom stereocenters. The summed E-state index contributed by atoms with van der Waals surface area (Å²) < 4.78 is 31.9. The highest BCUT2D eigenvalue weighted by Gasteiger charge is 2.27. The van der Waals surface area contributed by atoms with Crippen molar-refractivity contribution in [2.75, 3.05) is 5.32 Å². The van der Waals surface area contributed by atoms with Crippen molar-refractivity contribution < 1.29 is 23.4 Å². The van der Waals surface area contributed by atoms with Crippen molar-refractivity contribution >= 4 is 34.1 Å². The quantitative estimate of drug-likeness (QED) is 0.307. The number of rotatable bonds is 7. The van der Waals surface area contributed by atoms with Crippen LogP contribution in [0.5, 0.6) is 5.75 Å². The van der Waals surface area contributed by atoms with Gasteiger partial charge in [0, 0.05) is 57.8 Å². The van der Waals surface area contributed by atoms with Crippen LogP contribution in [0.1, 0.15) is 35.8 Å². The zero-order valence-corrected chi connectivity index (χ0v) is 18.5. The van der Waals surface area contributed by atoms with E-state index < -0.39 is 11.5 Å². The minimum Gasteiger partial charge on any atom is -0.420 e. The third kappa shape index (κ3) is 4.84. The van der Waals surface area contributed by atoms with E-state index in [0.29, 0.717) is 16.8 Å². The van der Waals surface area contributed by atoms with E-state index in [4.69, 9.17) is 11.6 Å². The number of aromatic amines is 1. The molecule has 1 amide bonds. The molecule has 33 heavy (non-hydrogen) atoms. The van der Waals surface area contributed by atoms with Crippen LogP contribution in [0.2, 0.25) is 0 Å². The number of anilines is 1. The topological polar surface area (TPSA) is 92.2 Å². The molecule has 2 aromatic heterocycles. The van der Waals surface area contributed by atoms with Crippen molar-refractivity contribution in [3.05, 3.63) is 66.0 Å². The van der Waals surface area contributed by atoms with E-state index in [1.165, 1.54) is 24.3 Å². The summed E-state index contributed by atoms with van der Waals surface area (Å²) in [5.41, 5.74) is -0.0261. The molecule has 0 saturated carbocycles. The molecule has 0 aliphatic carbocycles.